The Bertz CT molecular complexity index is 2120. The monoisotopic (exact) mass is 604 g/mol. The summed E-state index contributed by atoms with van der Waals surface area (Å²) in [5.74, 6) is 1.81. The Morgan fingerprint density at radius 2 is 1.29 bits per heavy atom. The fraction of sp³-hybridized carbons (Fsp3) is 0.0882. The molecule has 1 aliphatic rings. The van der Waals surface area contributed by atoms with Crippen molar-refractivity contribution >= 4 is 51.3 Å². The Balaban J connectivity index is 1.36. The van der Waals surface area contributed by atoms with Crippen molar-refractivity contribution in [2.45, 2.75) is 19.3 Å². The second-order valence-corrected chi connectivity index (χ2v) is 12.0. The second kappa shape index (κ2) is 9.16. The van der Waals surface area contributed by atoms with Crippen LogP contribution in [-0.4, -0.2) is 37.3 Å². The van der Waals surface area contributed by atoms with E-state index >= 15 is 0 Å². The number of hydrogen-bond acceptors (Lipinski definition) is 5. The van der Waals surface area contributed by atoms with Crippen LogP contribution in [0, 0.1) is 0 Å². The average molecular weight is 605 g/mol. The van der Waals surface area contributed by atoms with Crippen LogP contribution in [0.2, 0.25) is 0 Å². The van der Waals surface area contributed by atoms with Crippen LogP contribution in [0.25, 0.3) is 61.9 Å². The summed E-state index contributed by atoms with van der Waals surface area (Å²) in [5, 5.41) is 0. The summed E-state index contributed by atoms with van der Waals surface area (Å²) in [6, 6.07) is 28.3. The van der Waals surface area contributed by atoms with Gasteiger partial charge in [-0.3, -0.25) is 9.97 Å². The van der Waals surface area contributed by atoms with Gasteiger partial charge in [0, 0.05) is 39.0 Å². The molecule has 2 radical (unpaired) electrons. The lowest BCUT2D eigenvalue weighted by molar-refractivity contribution is 0.629. The quantitative estimate of drug-likeness (QED) is 0.204. The van der Waals surface area contributed by atoms with Crippen LogP contribution in [0.1, 0.15) is 25.0 Å². The fourth-order valence-corrected chi connectivity index (χ4v) is 6.26. The van der Waals surface area contributed by atoms with Crippen molar-refractivity contribution in [3.05, 3.63) is 113 Å². The van der Waals surface area contributed by atoms with Crippen LogP contribution in [0.3, 0.4) is 0 Å². The van der Waals surface area contributed by atoms with Crippen LogP contribution in [0.5, 0.6) is 0 Å². The van der Waals surface area contributed by atoms with Crippen molar-refractivity contribution in [3.8, 4) is 39.9 Å². The summed E-state index contributed by atoms with van der Waals surface area (Å²) in [6.45, 7) is 4.53. The lowest BCUT2D eigenvalue weighted by Crippen LogP contribution is -2.26. The summed E-state index contributed by atoms with van der Waals surface area (Å²) in [6.07, 6.45) is 3.72. The summed E-state index contributed by atoms with van der Waals surface area (Å²) < 4.78 is 3.29. The third-order valence-corrected chi connectivity index (χ3v) is 8.68. The summed E-state index contributed by atoms with van der Waals surface area (Å²) in [7, 11) is 5.97. The molecule has 0 aliphatic carbocycles. The van der Waals surface area contributed by atoms with Gasteiger partial charge in [0.2, 0.25) is 0 Å². The first kappa shape index (κ1) is 25.1. The second-order valence-electron chi connectivity index (χ2n) is 11.1. The smallest absolute Gasteiger partial charge is 0.164 e. The molecule has 3 aromatic carbocycles. The molecule has 0 amide bonds. The number of halogens is 1. The SMILES string of the molecule is [B]c1ccc(-c2nc(-c3ccc(Br)cc3)nc(-c3ccc4c(c3)C(C)(C)c3ccnc5c6ncccc6n-4c35)n2)cc1. The molecule has 0 saturated carbocycles. The van der Waals surface area contributed by atoms with E-state index in [0.717, 1.165) is 48.9 Å². The van der Waals surface area contributed by atoms with Crippen molar-refractivity contribution in [1.29, 1.82) is 0 Å². The van der Waals surface area contributed by atoms with Gasteiger partial charge in [-0.25, -0.2) is 15.0 Å². The Morgan fingerprint density at radius 1 is 0.667 bits per heavy atom. The number of benzene rings is 3. The number of fused-ring (bicyclic) bond motifs is 5. The van der Waals surface area contributed by atoms with Crippen LogP contribution in [-0.2, 0) is 5.41 Å². The molecule has 4 aromatic heterocycles. The van der Waals surface area contributed by atoms with E-state index in [0.29, 0.717) is 22.9 Å². The Hall–Kier alpha value is -4.69. The van der Waals surface area contributed by atoms with E-state index in [4.69, 9.17) is 32.8 Å². The van der Waals surface area contributed by atoms with E-state index in [1.165, 1.54) is 11.1 Å². The topological polar surface area (TPSA) is 69.4 Å². The number of nitrogens with zero attached hydrogens (tertiary/aromatic N) is 6. The van der Waals surface area contributed by atoms with E-state index in [1.54, 1.807) is 0 Å². The number of hydrogen-bond donors (Lipinski definition) is 0. The molecule has 0 unspecified atom stereocenters. The van der Waals surface area contributed by atoms with Crippen molar-refractivity contribution in [1.82, 2.24) is 29.5 Å². The van der Waals surface area contributed by atoms with Gasteiger partial charge in [-0.05, 0) is 59.7 Å². The predicted octanol–water partition coefficient (Wildman–Crippen LogP) is 6.96. The van der Waals surface area contributed by atoms with Crippen molar-refractivity contribution in [2.24, 2.45) is 0 Å². The normalized spacial score (nSPS) is 13.4. The molecule has 0 bridgehead atoms. The Kier molecular flexibility index (Phi) is 5.47. The minimum absolute atomic E-state index is 0.293. The molecule has 0 N–H and O–H groups in total. The largest absolute Gasteiger partial charge is 0.305 e. The van der Waals surface area contributed by atoms with Gasteiger partial charge in [0.05, 0.1) is 16.7 Å². The maximum Gasteiger partial charge on any atom is 0.164 e. The van der Waals surface area contributed by atoms with Gasteiger partial charge >= 0.3 is 0 Å². The molecule has 6 nitrogen and oxygen atoms in total. The standard InChI is InChI=1S/C34H22BBrN6/c1-34(2)24-15-17-38-29-28-27(4-3-16-37-28)42(30(24)29)26-14-9-21(18-25(26)34)33-40-31(19-5-10-22(35)11-6-19)39-32(41-33)20-7-12-23(36)13-8-20/h3-18H,1-2H3. The molecule has 0 spiro atoms. The van der Waals surface area contributed by atoms with Crippen LogP contribution < -0.4 is 5.46 Å². The van der Waals surface area contributed by atoms with Gasteiger partial charge in [0.1, 0.15) is 18.9 Å². The third-order valence-electron chi connectivity index (χ3n) is 8.15. The highest BCUT2D eigenvalue weighted by Gasteiger charge is 2.36. The number of aromatic nitrogens is 6. The first-order valence-corrected chi connectivity index (χ1v) is 14.5. The minimum atomic E-state index is -0.293. The molecule has 5 heterocycles. The fourth-order valence-electron chi connectivity index (χ4n) is 6.00. The Morgan fingerprint density at radius 3 is 2.00 bits per heavy atom. The Labute approximate surface area is 252 Å². The predicted molar refractivity (Wildman–Crippen MR) is 171 cm³/mol. The van der Waals surface area contributed by atoms with Gasteiger partial charge in [-0.2, -0.15) is 0 Å². The maximum absolute atomic E-state index is 5.97. The molecule has 8 rings (SSSR count). The first-order valence-electron chi connectivity index (χ1n) is 13.7. The van der Waals surface area contributed by atoms with E-state index in [1.807, 2.05) is 67.0 Å². The molecular weight excluding hydrogens is 583 g/mol. The van der Waals surface area contributed by atoms with Crippen molar-refractivity contribution in [3.63, 3.8) is 0 Å². The molecule has 7 aromatic rings. The summed E-state index contributed by atoms with van der Waals surface area (Å²) in [5.41, 5.74) is 10.6. The molecule has 8 heteroatoms. The van der Waals surface area contributed by atoms with Crippen molar-refractivity contribution < 1.29 is 0 Å². The zero-order valence-electron chi connectivity index (χ0n) is 22.9. The zero-order valence-corrected chi connectivity index (χ0v) is 24.5. The lowest BCUT2D eigenvalue weighted by atomic mass is 9.74. The average Bonchev–Trinajstić information content (AvgIpc) is 3.35. The molecule has 0 saturated heterocycles. The van der Waals surface area contributed by atoms with E-state index in [-0.39, 0.29) is 5.41 Å². The van der Waals surface area contributed by atoms with E-state index < -0.39 is 0 Å². The molecule has 0 fully saturated rings. The minimum Gasteiger partial charge on any atom is -0.305 e. The summed E-state index contributed by atoms with van der Waals surface area (Å²) >= 11 is 3.53. The van der Waals surface area contributed by atoms with Crippen LogP contribution >= 0.6 is 15.9 Å². The van der Waals surface area contributed by atoms with E-state index in [2.05, 4.69) is 64.7 Å². The first-order chi connectivity index (χ1) is 20.4. The molecule has 1 aliphatic heterocycles. The van der Waals surface area contributed by atoms with Crippen molar-refractivity contribution in [2.75, 3.05) is 0 Å². The summed E-state index contributed by atoms with van der Waals surface area (Å²) in [4.78, 5) is 24.2. The molecule has 198 valence electrons. The highest BCUT2D eigenvalue weighted by atomic mass is 79.9. The van der Waals surface area contributed by atoms with Gasteiger partial charge in [-0.15, -0.1) is 0 Å². The molecular formula is C34H22BBrN6. The van der Waals surface area contributed by atoms with Crippen LogP contribution in [0.4, 0.5) is 0 Å². The number of pyridine rings is 2. The maximum atomic E-state index is 5.97. The number of rotatable bonds is 3. The van der Waals surface area contributed by atoms with Gasteiger partial charge < -0.3 is 4.57 Å². The van der Waals surface area contributed by atoms with Gasteiger partial charge in [0.15, 0.2) is 17.5 Å². The zero-order chi connectivity index (χ0) is 28.6. The lowest BCUT2D eigenvalue weighted by Gasteiger charge is -2.34. The highest BCUT2D eigenvalue weighted by Crippen LogP contribution is 2.47. The molecule has 0 atom stereocenters. The third kappa shape index (κ3) is 3.75. The van der Waals surface area contributed by atoms with Gasteiger partial charge in [0.25, 0.3) is 0 Å². The molecule has 42 heavy (non-hydrogen) atoms. The van der Waals surface area contributed by atoms with Gasteiger partial charge in [-0.1, -0.05) is 71.6 Å². The highest BCUT2D eigenvalue weighted by molar-refractivity contribution is 9.10. The van der Waals surface area contributed by atoms with E-state index in [9.17, 15) is 0 Å². The van der Waals surface area contributed by atoms with Crippen LogP contribution in [0.15, 0.2) is 102 Å².